The first-order valence-electron chi connectivity index (χ1n) is 6.65. The maximum Gasteiger partial charge on any atom is 0.195 e. The van der Waals surface area contributed by atoms with Crippen LogP contribution in [0.1, 0.15) is 32.4 Å². The Hall–Kier alpha value is -1.07. The number of aromatic nitrogens is 2. The SMILES string of the molecule is CCCN(CCC)c1nc2sccn2c1CNC. The molecule has 0 bridgehead atoms. The quantitative estimate of drug-likeness (QED) is 0.836. The van der Waals surface area contributed by atoms with Crippen LogP contribution in [0.25, 0.3) is 4.96 Å². The predicted molar refractivity (Wildman–Crippen MR) is 78.6 cm³/mol. The lowest BCUT2D eigenvalue weighted by Crippen LogP contribution is -2.27. The van der Waals surface area contributed by atoms with Crippen LogP contribution in [0.3, 0.4) is 0 Å². The van der Waals surface area contributed by atoms with Crippen LogP contribution in [0.15, 0.2) is 11.6 Å². The van der Waals surface area contributed by atoms with E-state index in [9.17, 15) is 0 Å². The molecule has 2 aromatic rings. The van der Waals surface area contributed by atoms with E-state index < -0.39 is 0 Å². The molecule has 0 aromatic carbocycles. The van der Waals surface area contributed by atoms with Crippen LogP contribution in [-0.4, -0.2) is 29.5 Å². The summed E-state index contributed by atoms with van der Waals surface area (Å²) in [6.45, 7) is 7.46. The van der Waals surface area contributed by atoms with Crippen LogP contribution in [0, 0.1) is 0 Å². The first-order chi connectivity index (χ1) is 8.81. The molecule has 2 aromatic heterocycles. The highest BCUT2D eigenvalue weighted by molar-refractivity contribution is 7.15. The average Bonchev–Trinajstić information content (AvgIpc) is 2.92. The average molecular weight is 266 g/mol. The van der Waals surface area contributed by atoms with Crippen molar-refractivity contribution >= 4 is 22.1 Å². The van der Waals surface area contributed by atoms with Crippen LogP contribution in [0.2, 0.25) is 0 Å². The molecule has 0 radical (unpaired) electrons. The van der Waals surface area contributed by atoms with Gasteiger partial charge in [-0.05, 0) is 19.9 Å². The summed E-state index contributed by atoms with van der Waals surface area (Å²) in [5, 5.41) is 5.34. The van der Waals surface area contributed by atoms with Gasteiger partial charge in [0.15, 0.2) is 10.8 Å². The lowest BCUT2D eigenvalue weighted by molar-refractivity contribution is 0.717. The molecular formula is C13H22N4S. The van der Waals surface area contributed by atoms with Crippen molar-refractivity contribution in [3.63, 3.8) is 0 Å². The van der Waals surface area contributed by atoms with E-state index in [1.165, 1.54) is 5.69 Å². The van der Waals surface area contributed by atoms with Crippen molar-refractivity contribution < 1.29 is 0 Å². The molecule has 2 heterocycles. The Bertz CT molecular complexity index is 482. The second kappa shape index (κ2) is 6.20. The van der Waals surface area contributed by atoms with Crippen LogP contribution in [-0.2, 0) is 6.54 Å². The number of rotatable bonds is 7. The number of nitrogens with one attached hydrogen (secondary N) is 1. The summed E-state index contributed by atoms with van der Waals surface area (Å²) >= 11 is 1.70. The largest absolute Gasteiger partial charge is 0.355 e. The lowest BCUT2D eigenvalue weighted by atomic mass is 10.3. The highest BCUT2D eigenvalue weighted by Gasteiger charge is 2.17. The first-order valence-corrected chi connectivity index (χ1v) is 7.53. The van der Waals surface area contributed by atoms with Crippen molar-refractivity contribution in [1.82, 2.24) is 14.7 Å². The van der Waals surface area contributed by atoms with Gasteiger partial charge in [0.2, 0.25) is 0 Å². The topological polar surface area (TPSA) is 32.6 Å². The normalized spacial score (nSPS) is 11.3. The zero-order valence-electron chi connectivity index (χ0n) is 11.4. The highest BCUT2D eigenvalue weighted by Crippen LogP contribution is 2.25. The van der Waals surface area contributed by atoms with Gasteiger partial charge in [-0.1, -0.05) is 13.8 Å². The van der Waals surface area contributed by atoms with Gasteiger partial charge in [0.25, 0.3) is 0 Å². The second-order valence-corrected chi connectivity index (χ2v) is 5.33. The fourth-order valence-electron chi connectivity index (χ4n) is 2.27. The molecule has 1 N–H and O–H groups in total. The smallest absolute Gasteiger partial charge is 0.195 e. The van der Waals surface area contributed by atoms with Crippen LogP contribution in [0.5, 0.6) is 0 Å². The van der Waals surface area contributed by atoms with E-state index in [-0.39, 0.29) is 0 Å². The molecule has 18 heavy (non-hydrogen) atoms. The van der Waals surface area contributed by atoms with Crippen LogP contribution in [0.4, 0.5) is 5.82 Å². The van der Waals surface area contributed by atoms with Crippen molar-refractivity contribution in [2.45, 2.75) is 33.2 Å². The Labute approximate surface area is 113 Å². The maximum atomic E-state index is 4.80. The van der Waals surface area contributed by atoms with E-state index in [1.54, 1.807) is 11.3 Å². The molecule has 100 valence electrons. The molecule has 0 aliphatic heterocycles. The molecule has 0 fully saturated rings. The van der Waals surface area contributed by atoms with Crippen molar-refractivity contribution in [1.29, 1.82) is 0 Å². The molecule has 4 nitrogen and oxygen atoms in total. The first kappa shape index (κ1) is 13.4. The van der Waals surface area contributed by atoms with E-state index in [4.69, 9.17) is 4.98 Å². The minimum Gasteiger partial charge on any atom is -0.355 e. The molecular weight excluding hydrogens is 244 g/mol. The van der Waals surface area contributed by atoms with E-state index in [0.29, 0.717) is 0 Å². The molecule has 5 heteroatoms. The van der Waals surface area contributed by atoms with Crippen LogP contribution < -0.4 is 10.2 Å². The summed E-state index contributed by atoms with van der Waals surface area (Å²) in [7, 11) is 1.99. The highest BCUT2D eigenvalue weighted by atomic mass is 32.1. The van der Waals surface area contributed by atoms with Gasteiger partial charge in [-0.25, -0.2) is 4.98 Å². The maximum absolute atomic E-state index is 4.80. The number of imidazole rings is 1. The fourth-order valence-corrected chi connectivity index (χ4v) is 3.00. The summed E-state index contributed by atoms with van der Waals surface area (Å²) in [5.41, 5.74) is 1.27. The van der Waals surface area contributed by atoms with Crippen LogP contribution >= 0.6 is 11.3 Å². The Morgan fingerprint density at radius 2 is 2.06 bits per heavy atom. The summed E-state index contributed by atoms with van der Waals surface area (Å²) in [6, 6.07) is 0. The Morgan fingerprint density at radius 3 is 2.67 bits per heavy atom. The zero-order chi connectivity index (χ0) is 13.0. The molecule has 0 saturated heterocycles. The van der Waals surface area contributed by atoms with Gasteiger partial charge in [-0.2, -0.15) is 0 Å². The number of fused-ring (bicyclic) bond motifs is 1. The Balaban J connectivity index is 2.39. The number of nitrogens with zero attached hydrogens (tertiary/aromatic N) is 3. The summed E-state index contributed by atoms with van der Waals surface area (Å²) in [4.78, 5) is 8.30. The molecule has 0 amide bonds. The third-order valence-corrected chi connectivity index (χ3v) is 3.73. The third kappa shape index (κ3) is 2.52. The van der Waals surface area contributed by atoms with E-state index in [2.05, 4.69) is 40.0 Å². The minimum absolute atomic E-state index is 0.858. The summed E-state index contributed by atoms with van der Waals surface area (Å²) in [6.07, 6.45) is 4.42. The summed E-state index contributed by atoms with van der Waals surface area (Å²) in [5.74, 6) is 1.15. The van der Waals surface area contributed by atoms with Crippen molar-refractivity contribution in [3.8, 4) is 0 Å². The van der Waals surface area contributed by atoms with Gasteiger partial charge >= 0.3 is 0 Å². The van der Waals surface area contributed by atoms with Gasteiger partial charge in [0, 0.05) is 31.2 Å². The van der Waals surface area contributed by atoms with E-state index in [0.717, 1.165) is 43.3 Å². The van der Waals surface area contributed by atoms with Gasteiger partial charge in [-0.15, -0.1) is 11.3 Å². The van der Waals surface area contributed by atoms with E-state index >= 15 is 0 Å². The molecule has 0 saturated carbocycles. The second-order valence-electron chi connectivity index (χ2n) is 4.46. The molecule has 0 atom stereocenters. The number of thiazole rings is 1. The summed E-state index contributed by atoms with van der Waals surface area (Å²) < 4.78 is 2.20. The van der Waals surface area contributed by atoms with Gasteiger partial charge in [-0.3, -0.25) is 4.40 Å². The monoisotopic (exact) mass is 266 g/mol. The van der Waals surface area contributed by atoms with Gasteiger partial charge < -0.3 is 10.2 Å². The third-order valence-electron chi connectivity index (χ3n) is 2.97. The fraction of sp³-hybridized carbons (Fsp3) is 0.615. The standard InChI is InChI=1S/C13H22N4S/c1-4-6-16(7-5-2)12-11(10-14-3)17-8-9-18-13(17)15-12/h8-9,14H,4-7,10H2,1-3H3. The number of hydrogen-bond donors (Lipinski definition) is 1. The Morgan fingerprint density at radius 1 is 1.33 bits per heavy atom. The van der Waals surface area contributed by atoms with Crippen molar-refractivity contribution in [3.05, 3.63) is 17.3 Å². The van der Waals surface area contributed by atoms with Gasteiger partial charge in [0.1, 0.15) is 0 Å². The zero-order valence-corrected chi connectivity index (χ0v) is 12.3. The molecule has 2 rings (SSSR count). The Kier molecular flexibility index (Phi) is 4.60. The van der Waals surface area contributed by atoms with Gasteiger partial charge in [0.05, 0.1) is 5.69 Å². The lowest BCUT2D eigenvalue weighted by Gasteiger charge is -2.22. The van der Waals surface area contributed by atoms with Crippen molar-refractivity contribution in [2.24, 2.45) is 0 Å². The molecule has 0 aliphatic rings. The number of anilines is 1. The molecule has 0 spiro atoms. The minimum atomic E-state index is 0.858. The predicted octanol–water partition coefficient (Wildman–Crippen LogP) is 2.74. The molecule has 0 aliphatic carbocycles. The van der Waals surface area contributed by atoms with E-state index in [1.807, 2.05) is 7.05 Å². The molecule has 0 unspecified atom stereocenters. The number of hydrogen-bond acceptors (Lipinski definition) is 4. The van der Waals surface area contributed by atoms with Crippen molar-refractivity contribution in [2.75, 3.05) is 25.0 Å².